The highest BCUT2D eigenvalue weighted by Crippen LogP contribution is 2.39. The average Bonchev–Trinajstić information content (AvgIpc) is 2.38. The van der Waals surface area contributed by atoms with E-state index in [0.29, 0.717) is 0 Å². The maximum absolute atomic E-state index is 11.1. The fraction of sp³-hybridized carbons (Fsp3) is 0.600. The van der Waals surface area contributed by atoms with Gasteiger partial charge in [0.15, 0.2) is 0 Å². The highest BCUT2D eigenvalue weighted by atomic mass is 16.5. The Balaban J connectivity index is 2.38. The predicted molar refractivity (Wildman–Crippen MR) is 72.9 cm³/mol. The summed E-state index contributed by atoms with van der Waals surface area (Å²) in [7, 11) is 1.67. The van der Waals surface area contributed by atoms with Crippen LogP contribution in [0.25, 0.3) is 0 Å². The minimum absolute atomic E-state index is 0.276. The summed E-state index contributed by atoms with van der Waals surface area (Å²) in [5, 5.41) is 14.4. The Labute approximate surface area is 109 Å². The number of nitrogens with one attached hydrogen (secondary N) is 1. The van der Waals surface area contributed by atoms with E-state index in [2.05, 4.69) is 12.2 Å². The molecule has 1 aliphatic rings. The van der Waals surface area contributed by atoms with Gasteiger partial charge in [-0.1, -0.05) is 13.0 Å². The summed E-state index contributed by atoms with van der Waals surface area (Å²) in [6.07, 6.45) is 1.76. The van der Waals surface area contributed by atoms with Gasteiger partial charge >= 0.3 is 0 Å². The van der Waals surface area contributed by atoms with Crippen molar-refractivity contribution in [3.63, 3.8) is 0 Å². The summed E-state index contributed by atoms with van der Waals surface area (Å²) in [6, 6.07) is 5.96. The van der Waals surface area contributed by atoms with Crippen LogP contribution in [0.15, 0.2) is 18.2 Å². The van der Waals surface area contributed by atoms with Crippen LogP contribution in [0.1, 0.15) is 30.9 Å². The third-order valence-electron chi connectivity index (χ3n) is 4.14. The number of piperidine rings is 1. The number of aliphatic hydroxyl groups is 1. The van der Waals surface area contributed by atoms with E-state index < -0.39 is 5.60 Å². The van der Waals surface area contributed by atoms with E-state index in [0.717, 1.165) is 42.8 Å². The molecule has 1 fully saturated rings. The number of rotatable bonds is 3. The molecular weight excluding hydrogens is 226 g/mol. The molecule has 2 N–H and O–H groups in total. The number of ether oxygens (including phenoxy) is 1. The van der Waals surface area contributed by atoms with Crippen molar-refractivity contribution in [3.05, 3.63) is 29.3 Å². The van der Waals surface area contributed by atoms with Crippen LogP contribution in [0.2, 0.25) is 0 Å². The van der Waals surface area contributed by atoms with E-state index in [1.54, 1.807) is 7.11 Å². The number of hydrogen-bond donors (Lipinski definition) is 2. The van der Waals surface area contributed by atoms with Crippen molar-refractivity contribution in [3.8, 4) is 5.75 Å². The highest BCUT2D eigenvalue weighted by molar-refractivity contribution is 5.39. The second-order valence-corrected chi connectivity index (χ2v) is 5.16. The molecule has 1 aromatic rings. The topological polar surface area (TPSA) is 41.5 Å². The summed E-state index contributed by atoms with van der Waals surface area (Å²) in [5.41, 5.74) is 1.46. The maximum Gasteiger partial charge on any atom is 0.119 e. The molecule has 0 amide bonds. The Morgan fingerprint density at radius 2 is 2.28 bits per heavy atom. The molecule has 0 spiro atoms. The van der Waals surface area contributed by atoms with Gasteiger partial charge in [0.1, 0.15) is 5.75 Å². The zero-order valence-electron chi connectivity index (χ0n) is 11.5. The lowest BCUT2D eigenvalue weighted by molar-refractivity contribution is -0.0483. The molecule has 1 aliphatic heterocycles. The normalized spacial score (nSPS) is 28.1. The van der Waals surface area contributed by atoms with Crippen LogP contribution < -0.4 is 10.1 Å². The molecular formula is C15H23NO2. The largest absolute Gasteiger partial charge is 0.497 e. The van der Waals surface area contributed by atoms with Crippen LogP contribution in [-0.2, 0) is 5.60 Å². The van der Waals surface area contributed by atoms with Crippen molar-refractivity contribution in [1.82, 2.24) is 5.32 Å². The number of benzene rings is 1. The van der Waals surface area contributed by atoms with Crippen molar-refractivity contribution in [2.45, 2.75) is 32.3 Å². The molecule has 2 atom stereocenters. The van der Waals surface area contributed by atoms with Gasteiger partial charge in [0.05, 0.1) is 12.7 Å². The van der Waals surface area contributed by atoms with E-state index >= 15 is 0 Å². The van der Waals surface area contributed by atoms with Gasteiger partial charge in [-0.2, -0.15) is 0 Å². The van der Waals surface area contributed by atoms with Crippen molar-refractivity contribution >= 4 is 0 Å². The van der Waals surface area contributed by atoms with Gasteiger partial charge in [0.2, 0.25) is 0 Å². The highest BCUT2D eigenvalue weighted by Gasteiger charge is 2.40. The lowest BCUT2D eigenvalue weighted by Crippen LogP contribution is -2.48. The van der Waals surface area contributed by atoms with Gasteiger partial charge in [-0.05, 0) is 49.6 Å². The first kappa shape index (κ1) is 13.4. The van der Waals surface area contributed by atoms with Crippen LogP contribution in [0, 0.1) is 12.8 Å². The molecule has 3 heteroatoms. The number of aryl methyl sites for hydroxylation is 1. The number of hydrogen-bond acceptors (Lipinski definition) is 3. The molecule has 1 aromatic carbocycles. The van der Waals surface area contributed by atoms with E-state index in [1.165, 1.54) is 0 Å². The van der Waals surface area contributed by atoms with Crippen LogP contribution in [0.5, 0.6) is 5.75 Å². The molecule has 1 saturated heterocycles. The molecule has 18 heavy (non-hydrogen) atoms. The lowest BCUT2D eigenvalue weighted by atomic mass is 9.74. The lowest BCUT2D eigenvalue weighted by Gasteiger charge is -2.41. The van der Waals surface area contributed by atoms with E-state index in [-0.39, 0.29) is 5.92 Å². The van der Waals surface area contributed by atoms with E-state index in [9.17, 15) is 5.11 Å². The second-order valence-electron chi connectivity index (χ2n) is 5.16. The second kappa shape index (κ2) is 5.29. The van der Waals surface area contributed by atoms with Gasteiger partial charge in [-0.15, -0.1) is 0 Å². The fourth-order valence-corrected chi connectivity index (χ4v) is 3.01. The monoisotopic (exact) mass is 249 g/mol. The SMILES string of the molecule is CCC1CNCCC1(O)c1ccc(OC)cc1C. The zero-order chi connectivity index (χ0) is 13.2. The summed E-state index contributed by atoms with van der Waals surface area (Å²) < 4.78 is 5.23. The molecule has 0 saturated carbocycles. The molecule has 1 heterocycles. The Hall–Kier alpha value is -1.06. The Morgan fingerprint density at radius 3 is 2.89 bits per heavy atom. The Morgan fingerprint density at radius 1 is 1.50 bits per heavy atom. The fourth-order valence-electron chi connectivity index (χ4n) is 3.01. The Kier molecular flexibility index (Phi) is 3.93. The average molecular weight is 249 g/mol. The summed E-state index contributed by atoms with van der Waals surface area (Å²) in [4.78, 5) is 0. The van der Waals surface area contributed by atoms with Crippen LogP contribution in [0.4, 0.5) is 0 Å². The Bertz CT molecular complexity index is 419. The van der Waals surface area contributed by atoms with Crippen molar-refractivity contribution in [1.29, 1.82) is 0 Å². The zero-order valence-corrected chi connectivity index (χ0v) is 11.5. The van der Waals surface area contributed by atoms with Gasteiger partial charge < -0.3 is 15.2 Å². The van der Waals surface area contributed by atoms with Crippen molar-refractivity contribution in [2.24, 2.45) is 5.92 Å². The predicted octanol–water partition coefficient (Wildman–Crippen LogP) is 2.21. The molecule has 0 radical (unpaired) electrons. The van der Waals surface area contributed by atoms with E-state index in [4.69, 9.17) is 4.74 Å². The van der Waals surface area contributed by atoms with Crippen LogP contribution in [-0.4, -0.2) is 25.3 Å². The van der Waals surface area contributed by atoms with Gasteiger partial charge in [-0.25, -0.2) is 0 Å². The molecule has 0 aliphatic carbocycles. The van der Waals surface area contributed by atoms with E-state index in [1.807, 2.05) is 25.1 Å². The smallest absolute Gasteiger partial charge is 0.119 e. The molecule has 100 valence electrons. The minimum Gasteiger partial charge on any atom is -0.497 e. The third kappa shape index (κ3) is 2.25. The van der Waals surface area contributed by atoms with Crippen LogP contribution >= 0.6 is 0 Å². The standard InChI is InChI=1S/C15H23NO2/c1-4-12-10-16-8-7-15(12,17)14-6-5-13(18-3)9-11(14)2/h5-6,9,12,16-17H,4,7-8,10H2,1-3H3. The summed E-state index contributed by atoms with van der Waals surface area (Å²) >= 11 is 0. The third-order valence-corrected chi connectivity index (χ3v) is 4.14. The number of methoxy groups -OCH3 is 1. The minimum atomic E-state index is -0.698. The maximum atomic E-state index is 11.1. The summed E-state index contributed by atoms with van der Waals surface area (Å²) in [6.45, 7) is 5.95. The van der Waals surface area contributed by atoms with Gasteiger partial charge in [-0.3, -0.25) is 0 Å². The van der Waals surface area contributed by atoms with Crippen molar-refractivity contribution in [2.75, 3.05) is 20.2 Å². The molecule has 0 bridgehead atoms. The molecule has 2 rings (SSSR count). The van der Waals surface area contributed by atoms with Crippen molar-refractivity contribution < 1.29 is 9.84 Å². The van der Waals surface area contributed by atoms with Gasteiger partial charge in [0, 0.05) is 12.5 Å². The first-order chi connectivity index (χ1) is 8.61. The molecule has 0 aromatic heterocycles. The van der Waals surface area contributed by atoms with Gasteiger partial charge in [0.25, 0.3) is 0 Å². The molecule has 2 unspecified atom stereocenters. The summed E-state index contributed by atoms with van der Waals surface area (Å²) in [5.74, 6) is 1.13. The first-order valence-electron chi connectivity index (χ1n) is 6.70. The van der Waals surface area contributed by atoms with Crippen LogP contribution in [0.3, 0.4) is 0 Å². The molecule has 3 nitrogen and oxygen atoms in total. The quantitative estimate of drug-likeness (QED) is 0.863. The first-order valence-corrected chi connectivity index (χ1v) is 6.70.